The fourth-order valence-electron chi connectivity index (χ4n) is 3.38. The topological polar surface area (TPSA) is 81.6 Å². The Bertz CT molecular complexity index is 758. The van der Waals surface area contributed by atoms with Gasteiger partial charge in [-0.15, -0.1) is 10.2 Å². The average Bonchev–Trinajstić information content (AvgIpc) is 2.61. The molecule has 2 heterocycles. The Labute approximate surface area is 160 Å². The number of anilines is 2. The molecule has 1 unspecified atom stereocenters. The van der Waals surface area contributed by atoms with Crippen LogP contribution in [-0.2, 0) is 0 Å². The smallest absolute Gasteiger partial charge is 0.276 e. The molecule has 1 atom stereocenters. The molecule has 1 aliphatic rings. The summed E-state index contributed by atoms with van der Waals surface area (Å²) in [6, 6.07) is 13.1. The maximum absolute atomic E-state index is 12.3. The highest BCUT2D eigenvalue weighted by Crippen LogP contribution is 2.19. The highest BCUT2D eigenvalue weighted by atomic mass is 16.3. The Morgan fingerprint density at radius 2 is 1.93 bits per heavy atom. The Balaban J connectivity index is 1.61. The van der Waals surface area contributed by atoms with Gasteiger partial charge in [0, 0.05) is 37.9 Å². The number of piperazine rings is 1. The van der Waals surface area contributed by atoms with Gasteiger partial charge >= 0.3 is 0 Å². The van der Waals surface area contributed by atoms with Crippen LogP contribution in [0.3, 0.4) is 0 Å². The largest absolute Gasteiger partial charge is 0.389 e. The summed E-state index contributed by atoms with van der Waals surface area (Å²) >= 11 is 0. The van der Waals surface area contributed by atoms with Crippen LogP contribution in [0.25, 0.3) is 0 Å². The number of benzene rings is 1. The van der Waals surface area contributed by atoms with E-state index in [2.05, 4.69) is 32.2 Å². The van der Waals surface area contributed by atoms with Crippen molar-refractivity contribution in [3.63, 3.8) is 0 Å². The summed E-state index contributed by atoms with van der Waals surface area (Å²) in [5.41, 5.74) is 0.316. The molecule has 1 amide bonds. The Kier molecular flexibility index (Phi) is 5.72. The van der Waals surface area contributed by atoms with Crippen molar-refractivity contribution in [3.8, 4) is 0 Å². The normalized spacial score (nSPS) is 18.4. The van der Waals surface area contributed by atoms with Gasteiger partial charge in [-0.25, -0.2) is 0 Å². The molecule has 0 spiro atoms. The van der Waals surface area contributed by atoms with Gasteiger partial charge in [-0.3, -0.25) is 9.69 Å². The molecule has 144 valence electrons. The molecule has 0 saturated carbocycles. The second kappa shape index (κ2) is 8.02. The summed E-state index contributed by atoms with van der Waals surface area (Å²) in [7, 11) is 0. The number of rotatable bonds is 5. The van der Waals surface area contributed by atoms with E-state index in [1.165, 1.54) is 0 Å². The fourth-order valence-corrected chi connectivity index (χ4v) is 3.38. The minimum atomic E-state index is -0.699. The Morgan fingerprint density at radius 3 is 2.52 bits per heavy atom. The van der Waals surface area contributed by atoms with Crippen molar-refractivity contribution >= 4 is 17.4 Å². The molecular weight excluding hydrogens is 342 g/mol. The quantitative estimate of drug-likeness (QED) is 0.839. The van der Waals surface area contributed by atoms with Crippen LogP contribution in [0.4, 0.5) is 11.5 Å². The van der Waals surface area contributed by atoms with Gasteiger partial charge in [-0.05, 0) is 45.0 Å². The van der Waals surface area contributed by atoms with E-state index in [4.69, 9.17) is 0 Å². The lowest BCUT2D eigenvalue weighted by Gasteiger charge is -2.42. The molecule has 7 heteroatoms. The zero-order chi connectivity index (χ0) is 19.4. The van der Waals surface area contributed by atoms with Gasteiger partial charge in [0.05, 0.1) is 5.60 Å². The molecule has 1 saturated heterocycles. The first kappa shape index (κ1) is 19.3. The first-order chi connectivity index (χ1) is 12.8. The van der Waals surface area contributed by atoms with Crippen LogP contribution in [0, 0.1) is 0 Å². The molecule has 1 aromatic heterocycles. The summed E-state index contributed by atoms with van der Waals surface area (Å²) in [5, 5.41) is 21.2. The lowest BCUT2D eigenvalue weighted by atomic mass is 10.1. The molecule has 2 aromatic rings. The summed E-state index contributed by atoms with van der Waals surface area (Å²) in [6.45, 7) is 8.95. The van der Waals surface area contributed by atoms with E-state index >= 15 is 0 Å². The molecule has 2 N–H and O–H groups in total. The third kappa shape index (κ3) is 5.24. The molecule has 0 aliphatic carbocycles. The maximum atomic E-state index is 12.3. The van der Waals surface area contributed by atoms with Crippen LogP contribution >= 0.6 is 0 Å². The van der Waals surface area contributed by atoms with Crippen molar-refractivity contribution in [2.45, 2.75) is 32.4 Å². The number of para-hydroxylation sites is 1. The van der Waals surface area contributed by atoms with Gasteiger partial charge in [0.2, 0.25) is 0 Å². The molecule has 0 bridgehead atoms. The van der Waals surface area contributed by atoms with E-state index in [0.29, 0.717) is 6.54 Å². The van der Waals surface area contributed by atoms with E-state index in [9.17, 15) is 9.90 Å². The number of aliphatic hydroxyl groups is 1. The maximum Gasteiger partial charge on any atom is 0.276 e. The van der Waals surface area contributed by atoms with Gasteiger partial charge in [0.1, 0.15) is 0 Å². The highest BCUT2D eigenvalue weighted by molar-refractivity contribution is 6.02. The first-order valence-electron chi connectivity index (χ1n) is 9.23. The first-order valence-corrected chi connectivity index (χ1v) is 9.23. The van der Waals surface area contributed by atoms with Crippen molar-refractivity contribution < 1.29 is 9.90 Å². The van der Waals surface area contributed by atoms with Crippen molar-refractivity contribution in [1.82, 2.24) is 15.1 Å². The number of hydrogen-bond donors (Lipinski definition) is 2. The zero-order valence-electron chi connectivity index (χ0n) is 16.1. The summed E-state index contributed by atoms with van der Waals surface area (Å²) < 4.78 is 0. The fraction of sp³-hybridized carbons (Fsp3) is 0.450. The monoisotopic (exact) mass is 369 g/mol. The van der Waals surface area contributed by atoms with Crippen LogP contribution in [0.2, 0.25) is 0 Å². The molecule has 7 nitrogen and oxygen atoms in total. The number of amides is 1. The number of hydrogen-bond acceptors (Lipinski definition) is 6. The van der Waals surface area contributed by atoms with Crippen molar-refractivity contribution in [3.05, 3.63) is 48.2 Å². The second-order valence-corrected chi connectivity index (χ2v) is 7.69. The number of carbonyl (C=O) groups excluding carboxylic acids is 1. The number of carbonyl (C=O) groups is 1. The SMILES string of the molecule is CC1CN(CC(C)(C)O)CCN1c1ccc(C(=O)Nc2ccccc2)nn1. The number of nitrogens with zero attached hydrogens (tertiary/aromatic N) is 4. The molecule has 1 fully saturated rings. The van der Waals surface area contributed by atoms with E-state index in [0.717, 1.165) is 31.1 Å². The summed E-state index contributed by atoms with van der Waals surface area (Å²) in [4.78, 5) is 16.7. The molecule has 3 rings (SSSR count). The van der Waals surface area contributed by atoms with Crippen molar-refractivity contribution in [2.75, 3.05) is 36.4 Å². The zero-order valence-corrected chi connectivity index (χ0v) is 16.1. The predicted molar refractivity (Wildman–Crippen MR) is 106 cm³/mol. The summed E-state index contributed by atoms with van der Waals surface area (Å²) in [6.07, 6.45) is 0. The minimum absolute atomic E-state index is 0.249. The van der Waals surface area contributed by atoms with Gasteiger partial charge in [0.15, 0.2) is 11.5 Å². The van der Waals surface area contributed by atoms with Gasteiger partial charge in [-0.1, -0.05) is 18.2 Å². The van der Waals surface area contributed by atoms with Crippen LogP contribution in [-0.4, -0.2) is 63.9 Å². The van der Waals surface area contributed by atoms with E-state index in [1.807, 2.05) is 50.2 Å². The highest BCUT2D eigenvalue weighted by Gasteiger charge is 2.28. The molecule has 27 heavy (non-hydrogen) atoms. The standard InChI is InChI=1S/C20H27N5O2/c1-15-13-24(14-20(2,3)27)11-12-25(15)18-10-9-17(22-23-18)19(26)21-16-7-5-4-6-8-16/h4-10,15,27H,11-14H2,1-3H3,(H,21,26). The minimum Gasteiger partial charge on any atom is -0.389 e. The van der Waals surface area contributed by atoms with E-state index in [1.54, 1.807) is 6.07 Å². The molecular formula is C20H27N5O2. The molecule has 1 aromatic carbocycles. The third-order valence-corrected chi connectivity index (χ3v) is 4.53. The molecule has 1 aliphatic heterocycles. The van der Waals surface area contributed by atoms with Crippen LogP contribution in [0.1, 0.15) is 31.3 Å². The third-order valence-electron chi connectivity index (χ3n) is 4.53. The van der Waals surface area contributed by atoms with Gasteiger partial charge < -0.3 is 15.3 Å². The average molecular weight is 369 g/mol. The van der Waals surface area contributed by atoms with Gasteiger partial charge in [0.25, 0.3) is 5.91 Å². The number of β-amino-alcohol motifs (C(OH)–C–C–N with tert-alkyl or cyclic N) is 1. The van der Waals surface area contributed by atoms with Crippen molar-refractivity contribution in [1.29, 1.82) is 0 Å². The lowest BCUT2D eigenvalue weighted by Crippen LogP contribution is -2.55. The summed E-state index contributed by atoms with van der Waals surface area (Å²) in [5.74, 6) is 0.491. The predicted octanol–water partition coefficient (Wildman–Crippen LogP) is 2.01. The van der Waals surface area contributed by atoms with E-state index < -0.39 is 5.60 Å². The lowest BCUT2D eigenvalue weighted by molar-refractivity contribution is 0.0307. The van der Waals surface area contributed by atoms with Crippen LogP contribution in [0.5, 0.6) is 0 Å². The van der Waals surface area contributed by atoms with Crippen LogP contribution in [0.15, 0.2) is 42.5 Å². The Hall–Kier alpha value is -2.51. The van der Waals surface area contributed by atoms with Crippen LogP contribution < -0.4 is 10.2 Å². The second-order valence-electron chi connectivity index (χ2n) is 7.69. The Morgan fingerprint density at radius 1 is 1.19 bits per heavy atom. The van der Waals surface area contributed by atoms with Gasteiger partial charge in [-0.2, -0.15) is 0 Å². The number of nitrogens with one attached hydrogen (secondary N) is 1. The van der Waals surface area contributed by atoms with E-state index in [-0.39, 0.29) is 17.6 Å². The molecule has 0 radical (unpaired) electrons. The van der Waals surface area contributed by atoms with Crippen molar-refractivity contribution in [2.24, 2.45) is 0 Å². The number of aromatic nitrogens is 2.